The largest absolute Gasteiger partial charge is 0.550 e. The maximum atomic E-state index is 12.5. The van der Waals surface area contributed by atoms with Crippen molar-refractivity contribution in [2.75, 3.05) is 5.32 Å². The molecule has 0 aliphatic heterocycles. The minimum absolute atomic E-state index is 0.0118. The number of para-hydroxylation sites is 1. The van der Waals surface area contributed by atoms with E-state index in [1.807, 2.05) is 36.4 Å². The third-order valence-corrected chi connectivity index (χ3v) is 5.51. The van der Waals surface area contributed by atoms with E-state index < -0.39 is 17.8 Å². The summed E-state index contributed by atoms with van der Waals surface area (Å²) in [7, 11) is 0. The lowest BCUT2D eigenvalue weighted by molar-refractivity contribution is -0.313. The van der Waals surface area contributed by atoms with Crippen LogP contribution >= 0.6 is 11.3 Å². The molecule has 112 valence electrons. The number of benzene rings is 1. The van der Waals surface area contributed by atoms with Gasteiger partial charge < -0.3 is 15.2 Å². The van der Waals surface area contributed by atoms with Gasteiger partial charge >= 0.3 is 0 Å². The van der Waals surface area contributed by atoms with Crippen LogP contribution in [0.4, 0.5) is 5.13 Å². The number of hydrogen-bond donors (Lipinski definition) is 1. The number of nitrogens with zero attached hydrogens (tertiary/aromatic N) is 1. The molecule has 0 spiro atoms. The van der Waals surface area contributed by atoms with Crippen molar-refractivity contribution >= 4 is 38.6 Å². The lowest BCUT2D eigenvalue weighted by Crippen LogP contribution is -2.42. The van der Waals surface area contributed by atoms with Crippen molar-refractivity contribution in [2.45, 2.75) is 6.42 Å². The Morgan fingerprint density at radius 1 is 1.18 bits per heavy atom. The number of aliphatic carboxylic acids is 1. The number of fused-ring (bicyclic) bond motifs is 3. The molecule has 1 aromatic heterocycles. The summed E-state index contributed by atoms with van der Waals surface area (Å²) in [5.41, 5.74) is 0.826. The summed E-state index contributed by atoms with van der Waals surface area (Å²) in [6, 6.07) is 7.62. The molecule has 4 rings (SSSR count). The Balaban J connectivity index is 1.59. The van der Waals surface area contributed by atoms with Gasteiger partial charge in [-0.1, -0.05) is 35.6 Å². The summed E-state index contributed by atoms with van der Waals surface area (Å²) in [6.45, 7) is 0. The van der Waals surface area contributed by atoms with Crippen LogP contribution in [-0.2, 0) is 9.59 Å². The Morgan fingerprint density at radius 2 is 1.91 bits per heavy atom. The first-order valence-corrected chi connectivity index (χ1v) is 8.01. The van der Waals surface area contributed by atoms with Crippen molar-refractivity contribution in [1.29, 1.82) is 0 Å². The standard InChI is InChI=1S/C16H14N2O3S/c19-14(12-8-5-6-9(7-8)13(12)15(20)21)18-16-17-10-3-1-2-4-11(10)22-16/h1-6,8-9,12-13H,7H2,(H,20,21)(H,17,18,19)/p-1/t8-,9-,12+,13-/m0/s1. The maximum Gasteiger partial charge on any atom is 0.230 e. The second kappa shape index (κ2) is 4.91. The molecule has 0 unspecified atom stereocenters. The number of nitrogens with one attached hydrogen (secondary N) is 1. The molecule has 0 saturated heterocycles. The Morgan fingerprint density at radius 3 is 2.64 bits per heavy atom. The molecule has 5 nitrogen and oxygen atoms in total. The number of carbonyl (C=O) groups is 2. The number of anilines is 1. The number of aromatic nitrogens is 1. The van der Waals surface area contributed by atoms with Gasteiger partial charge in [-0.2, -0.15) is 0 Å². The van der Waals surface area contributed by atoms with Gasteiger partial charge in [0.15, 0.2) is 5.13 Å². The van der Waals surface area contributed by atoms with E-state index >= 15 is 0 Å². The molecule has 1 saturated carbocycles. The number of rotatable bonds is 3. The highest BCUT2D eigenvalue weighted by Crippen LogP contribution is 2.48. The quantitative estimate of drug-likeness (QED) is 0.869. The summed E-state index contributed by atoms with van der Waals surface area (Å²) in [4.78, 5) is 28.2. The van der Waals surface area contributed by atoms with Crippen LogP contribution in [-0.4, -0.2) is 16.9 Å². The Bertz CT molecular complexity index is 765. The van der Waals surface area contributed by atoms with E-state index in [0.29, 0.717) is 5.13 Å². The SMILES string of the molecule is O=C([O-])[C@@H]1[C@H](C(=O)Nc2nc3ccccc3s2)[C@H]2C=C[C@H]1C2. The number of carbonyl (C=O) groups excluding carboxylic acids is 2. The van der Waals surface area contributed by atoms with Gasteiger partial charge in [0.25, 0.3) is 0 Å². The Kier molecular flexibility index (Phi) is 3.00. The third-order valence-electron chi connectivity index (χ3n) is 4.56. The van der Waals surface area contributed by atoms with E-state index in [2.05, 4.69) is 10.3 Å². The number of hydrogen-bond acceptors (Lipinski definition) is 5. The summed E-state index contributed by atoms with van der Waals surface area (Å²) in [6.07, 6.45) is 4.57. The predicted molar refractivity (Wildman–Crippen MR) is 81.0 cm³/mol. The van der Waals surface area contributed by atoms with Gasteiger partial charge in [0.2, 0.25) is 5.91 Å². The average molecular weight is 313 g/mol. The molecule has 0 radical (unpaired) electrons. The third kappa shape index (κ3) is 2.02. The lowest BCUT2D eigenvalue weighted by Gasteiger charge is -2.27. The van der Waals surface area contributed by atoms with Crippen molar-refractivity contribution in [1.82, 2.24) is 4.98 Å². The maximum absolute atomic E-state index is 12.5. The summed E-state index contributed by atoms with van der Waals surface area (Å²) >= 11 is 1.39. The lowest BCUT2D eigenvalue weighted by atomic mass is 9.82. The van der Waals surface area contributed by atoms with Crippen LogP contribution in [0.5, 0.6) is 0 Å². The van der Waals surface area contributed by atoms with Crippen LogP contribution < -0.4 is 10.4 Å². The Labute approximate surface area is 130 Å². The molecule has 6 heteroatoms. The summed E-state index contributed by atoms with van der Waals surface area (Å²) in [5.74, 6) is -2.80. The fourth-order valence-electron chi connectivity index (χ4n) is 3.62. The van der Waals surface area contributed by atoms with Crippen molar-refractivity contribution in [3.8, 4) is 0 Å². The van der Waals surface area contributed by atoms with Gasteiger partial charge in [-0.05, 0) is 30.4 Å². The monoisotopic (exact) mass is 313 g/mol. The van der Waals surface area contributed by atoms with Crippen LogP contribution in [0.15, 0.2) is 36.4 Å². The van der Waals surface area contributed by atoms with Gasteiger partial charge in [-0.3, -0.25) is 4.79 Å². The van der Waals surface area contributed by atoms with Crippen molar-refractivity contribution in [3.05, 3.63) is 36.4 Å². The second-order valence-corrected chi connectivity index (χ2v) is 6.83. The van der Waals surface area contributed by atoms with Crippen LogP contribution in [0.25, 0.3) is 10.2 Å². The van der Waals surface area contributed by atoms with Crippen LogP contribution in [0.3, 0.4) is 0 Å². The molecule has 1 N–H and O–H groups in total. The van der Waals surface area contributed by atoms with Crippen LogP contribution in [0, 0.1) is 23.7 Å². The van der Waals surface area contributed by atoms with Gasteiger partial charge in [0.1, 0.15) is 0 Å². The molecule has 2 aromatic rings. The first-order valence-electron chi connectivity index (χ1n) is 7.19. The highest BCUT2D eigenvalue weighted by Gasteiger charge is 2.48. The number of amides is 1. The molecule has 2 aliphatic rings. The van der Waals surface area contributed by atoms with E-state index in [4.69, 9.17) is 0 Å². The molecule has 1 aromatic carbocycles. The summed E-state index contributed by atoms with van der Waals surface area (Å²) < 4.78 is 0.988. The number of carboxylic acid groups (broad SMARTS) is 1. The van der Waals surface area contributed by atoms with E-state index in [1.54, 1.807) is 0 Å². The zero-order chi connectivity index (χ0) is 15.3. The topological polar surface area (TPSA) is 82.1 Å². The fraction of sp³-hybridized carbons (Fsp3) is 0.312. The first-order chi connectivity index (χ1) is 10.6. The van der Waals surface area contributed by atoms with Crippen molar-refractivity contribution in [2.24, 2.45) is 23.7 Å². The second-order valence-electron chi connectivity index (χ2n) is 5.79. The molecule has 2 aliphatic carbocycles. The molecule has 1 heterocycles. The first kappa shape index (κ1) is 13.5. The zero-order valence-corrected chi connectivity index (χ0v) is 12.4. The minimum atomic E-state index is -1.14. The van der Waals surface area contributed by atoms with E-state index in [9.17, 15) is 14.7 Å². The molecule has 1 fully saturated rings. The zero-order valence-electron chi connectivity index (χ0n) is 11.6. The highest BCUT2D eigenvalue weighted by molar-refractivity contribution is 7.22. The number of carboxylic acids is 1. The van der Waals surface area contributed by atoms with Gasteiger partial charge in [-0.15, -0.1) is 0 Å². The predicted octanol–water partition coefficient (Wildman–Crippen LogP) is 1.42. The average Bonchev–Trinajstić information content (AvgIpc) is 3.19. The molecule has 4 atom stereocenters. The fourth-order valence-corrected chi connectivity index (χ4v) is 4.48. The van der Waals surface area contributed by atoms with Crippen LogP contribution in [0.1, 0.15) is 6.42 Å². The van der Waals surface area contributed by atoms with Crippen molar-refractivity contribution < 1.29 is 14.7 Å². The van der Waals surface area contributed by atoms with Crippen molar-refractivity contribution in [3.63, 3.8) is 0 Å². The normalized spacial score (nSPS) is 29.1. The summed E-state index contributed by atoms with van der Waals surface area (Å²) in [5, 5.41) is 14.7. The van der Waals surface area contributed by atoms with E-state index in [1.165, 1.54) is 11.3 Å². The smallest absolute Gasteiger partial charge is 0.230 e. The molecule has 22 heavy (non-hydrogen) atoms. The minimum Gasteiger partial charge on any atom is -0.550 e. The van der Waals surface area contributed by atoms with Gasteiger partial charge in [-0.25, -0.2) is 4.98 Å². The number of allylic oxidation sites excluding steroid dienone is 2. The molecular formula is C16H13N2O3S-. The highest BCUT2D eigenvalue weighted by atomic mass is 32.1. The Hall–Kier alpha value is -2.21. The van der Waals surface area contributed by atoms with E-state index in [0.717, 1.165) is 16.6 Å². The molecular weight excluding hydrogens is 300 g/mol. The molecule has 1 amide bonds. The van der Waals surface area contributed by atoms with Crippen LogP contribution in [0.2, 0.25) is 0 Å². The van der Waals surface area contributed by atoms with Gasteiger partial charge in [0.05, 0.1) is 16.1 Å². The number of thiazole rings is 1. The molecule has 2 bridgehead atoms. The van der Waals surface area contributed by atoms with E-state index in [-0.39, 0.29) is 17.7 Å². The van der Waals surface area contributed by atoms with Gasteiger partial charge in [0, 0.05) is 11.9 Å².